The van der Waals surface area contributed by atoms with Crippen molar-refractivity contribution in [1.29, 1.82) is 0 Å². The Labute approximate surface area is 504 Å². The number of hydrogen-bond donors (Lipinski definition) is 18. The van der Waals surface area contributed by atoms with Gasteiger partial charge in [0.05, 0.1) is 24.8 Å². The Balaban J connectivity index is 1.86. The summed E-state index contributed by atoms with van der Waals surface area (Å²) in [4.78, 5) is 154. The molecule has 0 bridgehead atoms. The SMILES string of the molecule is CCC(C)C(NC(=O)C(Cc1ccccc1)NC(=O)C(CCN)NC(=O)C(CCNC(=O)CC(C)O)NC(=O)C(CN)NC(=O)C(CO)NC(=O)C(CCN)NC(=O)c1ccnc(-c2ccccc2)c1)C(=O)NC(CCN)C(=O)NC(CCN)C(N)=O. The van der Waals surface area contributed by atoms with E-state index in [9.17, 15) is 63.0 Å². The predicted molar refractivity (Wildman–Crippen MR) is 320 cm³/mol. The molecule has 24 N–H and O–H groups in total. The zero-order chi connectivity index (χ0) is 64.6. The number of nitrogens with zero attached hydrogens (tertiary/aromatic N) is 1. The second kappa shape index (κ2) is 38.5. The van der Waals surface area contributed by atoms with Crippen molar-refractivity contribution >= 4 is 65.0 Å². The van der Waals surface area contributed by atoms with Crippen LogP contribution in [0, 0.1) is 5.92 Å². The molecule has 3 rings (SSSR count). The van der Waals surface area contributed by atoms with Crippen LogP contribution < -0.4 is 87.6 Å². The molecule has 30 nitrogen and oxygen atoms in total. The van der Waals surface area contributed by atoms with Gasteiger partial charge in [-0.1, -0.05) is 80.9 Å². The van der Waals surface area contributed by atoms with E-state index >= 15 is 0 Å². The number of pyridine rings is 1. The van der Waals surface area contributed by atoms with Crippen LogP contribution in [0.3, 0.4) is 0 Å². The lowest BCUT2D eigenvalue weighted by Gasteiger charge is -2.29. The number of hydrogen-bond acceptors (Lipinski definition) is 19. The topological polar surface area (TPSA) is 518 Å². The van der Waals surface area contributed by atoms with Gasteiger partial charge in [-0.2, -0.15) is 0 Å². The van der Waals surface area contributed by atoms with E-state index in [1.165, 1.54) is 25.3 Å². The van der Waals surface area contributed by atoms with Crippen molar-refractivity contribution < 1.29 is 63.0 Å². The van der Waals surface area contributed by atoms with E-state index in [-0.39, 0.29) is 83.2 Å². The van der Waals surface area contributed by atoms with E-state index in [1.807, 2.05) is 6.07 Å². The Kier molecular flexibility index (Phi) is 32.2. The van der Waals surface area contributed by atoms with Crippen LogP contribution in [0.5, 0.6) is 0 Å². The number of nitrogens with one attached hydrogen (secondary N) is 10. The number of carbonyl (C=O) groups is 11. The highest BCUT2D eigenvalue weighted by atomic mass is 16.3. The summed E-state index contributed by atoms with van der Waals surface area (Å²) >= 11 is 0. The van der Waals surface area contributed by atoms with Crippen molar-refractivity contribution in [2.45, 2.75) is 133 Å². The van der Waals surface area contributed by atoms with Crippen LogP contribution in [-0.2, 0) is 54.4 Å². The van der Waals surface area contributed by atoms with Gasteiger partial charge in [0.1, 0.15) is 54.4 Å². The zero-order valence-electron chi connectivity index (χ0n) is 49.3. The van der Waals surface area contributed by atoms with Crippen molar-refractivity contribution in [3.05, 3.63) is 90.1 Å². The van der Waals surface area contributed by atoms with Gasteiger partial charge in [-0.15, -0.1) is 0 Å². The Morgan fingerprint density at radius 3 is 1.46 bits per heavy atom. The highest BCUT2D eigenvalue weighted by molar-refractivity contribution is 6.00. The molecular weight excluding hydrogens is 1130 g/mol. The minimum atomic E-state index is -1.72. The molecule has 1 heterocycles. The molecule has 11 atom stereocenters. The third kappa shape index (κ3) is 24.8. The first kappa shape index (κ1) is 72.7. The molecule has 0 saturated carbocycles. The fraction of sp³-hybridized carbons (Fsp3) is 0.509. The molecule has 0 spiro atoms. The minimum absolute atomic E-state index is 0.0176. The molecule has 0 radical (unpaired) electrons. The number of amides is 11. The average Bonchev–Trinajstić information content (AvgIpc) is 3.41. The van der Waals surface area contributed by atoms with E-state index in [1.54, 1.807) is 68.4 Å². The molecule has 2 aromatic carbocycles. The lowest BCUT2D eigenvalue weighted by molar-refractivity contribution is -0.136. The number of aromatic nitrogens is 1. The molecule has 0 aliphatic heterocycles. The molecule has 87 heavy (non-hydrogen) atoms. The Hall–Kier alpha value is -8.52. The van der Waals surface area contributed by atoms with E-state index in [2.05, 4.69) is 58.2 Å². The monoisotopic (exact) mass is 1220 g/mol. The number of benzene rings is 2. The summed E-state index contributed by atoms with van der Waals surface area (Å²) in [5.74, 6) is -10.2. The summed E-state index contributed by atoms with van der Waals surface area (Å²) in [6.07, 6.45) is -0.459. The second-order valence-electron chi connectivity index (χ2n) is 20.6. The molecule has 30 heteroatoms. The molecule has 0 fully saturated rings. The average molecular weight is 1220 g/mol. The van der Waals surface area contributed by atoms with Crippen molar-refractivity contribution in [3.8, 4) is 11.3 Å². The number of rotatable bonds is 39. The summed E-state index contributed by atoms with van der Waals surface area (Å²) < 4.78 is 0. The van der Waals surface area contributed by atoms with Crippen LogP contribution in [-0.4, -0.2) is 187 Å². The van der Waals surface area contributed by atoms with Gasteiger partial charge in [0.15, 0.2) is 0 Å². The maximum atomic E-state index is 14.4. The largest absolute Gasteiger partial charge is 0.394 e. The minimum Gasteiger partial charge on any atom is -0.394 e. The number of aliphatic hydroxyl groups excluding tert-OH is 2. The normalized spacial score (nSPS) is 14.8. The first-order valence-electron chi connectivity index (χ1n) is 28.7. The Morgan fingerprint density at radius 1 is 0.517 bits per heavy atom. The third-order valence-electron chi connectivity index (χ3n) is 13.7. The maximum Gasteiger partial charge on any atom is 0.252 e. The van der Waals surface area contributed by atoms with Gasteiger partial charge >= 0.3 is 0 Å². The Morgan fingerprint density at radius 2 is 0.954 bits per heavy atom. The molecule has 1 aromatic heterocycles. The smallest absolute Gasteiger partial charge is 0.252 e. The van der Waals surface area contributed by atoms with Crippen LogP contribution in [0.2, 0.25) is 0 Å². The van der Waals surface area contributed by atoms with Gasteiger partial charge in [-0.05, 0) is 88.8 Å². The van der Waals surface area contributed by atoms with Crippen LogP contribution in [0.1, 0.15) is 81.6 Å². The predicted octanol–water partition coefficient (Wildman–Crippen LogP) is -5.88. The van der Waals surface area contributed by atoms with E-state index in [0.29, 0.717) is 17.7 Å². The van der Waals surface area contributed by atoms with Crippen molar-refractivity contribution in [3.63, 3.8) is 0 Å². The van der Waals surface area contributed by atoms with Crippen molar-refractivity contribution in [1.82, 2.24) is 58.2 Å². The van der Waals surface area contributed by atoms with Crippen LogP contribution in [0.25, 0.3) is 11.3 Å². The zero-order valence-corrected chi connectivity index (χ0v) is 49.3. The van der Waals surface area contributed by atoms with Gasteiger partial charge in [0, 0.05) is 36.8 Å². The summed E-state index contributed by atoms with van der Waals surface area (Å²) in [5, 5.41) is 45.3. The van der Waals surface area contributed by atoms with E-state index < -0.39 is 145 Å². The molecule has 11 amide bonds. The molecular formula is C57H87N17O13. The van der Waals surface area contributed by atoms with Gasteiger partial charge in [-0.3, -0.25) is 57.7 Å². The van der Waals surface area contributed by atoms with Gasteiger partial charge < -0.3 is 97.8 Å². The van der Waals surface area contributed by atoms with Gasteiger partial charge in [0.2, 0.25) is 59.1 Å². The Bertz CT molecular complexity index is 2750. The van der Waals surface area contributed by atoms with Crippen LogP contribution in [0.4, 0.5) is 0 Å². The highest BCUT2D eigenvalue weighted by Gasteiger charge is 2.36. The maximum absolute atomic E-state index is 14.4. The van der Waals surface area contributed by atoms with Crippen molar-refractivity contribution in [2.75, 3.05) is 45.9 Å². The summed E-state index contributed by atoms with van der Waals surface area (Å²) in [5.41, 5.74) is 36.4. The number of nitrogens with two attached hydrogens (primary N) is 6. The fourth-order valence-corrected chi connectivity index (χ4v) is 8.64. The quantitative estimate of drug-likeness (QED) is 0.0253. The lowest BCUT2D eigenvalue weighted by Crippen LogP contribution is -2.62. The van der Waals surface area contributed by atoms with Gasteiger partial charge in [0.25, 0.3) is 5.91 Å². The molecule has 3 aromatic rings. The summed E-state index contributed by atoms with van der Waals surface area (Å²) in [6.45, 7) is 2.58. The first-order chi connectivity index (χ1) is 41.5. The van der Waals surface area contributed by atoms with Crippen molar-refractivity contribution in [2.24, 2.45) is 40.3 Å². The molecule has 11 unspecified atom stereocenters. The number of aliphatic hydroxyl groups is 2. The number of carbonyl (C=O) groups excluding carboxylic acids is 11. The van der Waals surface area contributed by atoms with E-state index in [4.69, 9.17) is 34.4 Å². The first-order valence-corrected chi connectivity index (χ1v) is 28.7. The standard InChI is InChI=1S/C57H87N17O13/c1-4-32(2)47(57(87)70-40(18-24-61)50(80)66-37(15-21-58)48(63)78)74-54(84)43(28-34-11-7-5-8-12-34)71-51(81)39(17-23-60)68-53(83)41(20-26-65-46(77)27-33(3)76)69-55(85)44(30-62)72-56(86)45(31-75)73-52(82)38(16-22-59)67-49(79)36-19-25-64-42(29-36)35-13-9-6-10-14-35/h5-14,19,25,29,32-33,37-41,43-45,47,75-76H,4,15-18,20-24,26-28,30-31,58-62H2,1-3H3,(H2,63,78)(H,65,77)(H,66,80)(H,67,79)(H,68,83)(H,69,85)(H,70,87)(H,71,81)(H,72,86)(H,73,82)(H,74,84). The van der Waals surface area contributed by atoms with E-state index in [0.717, 1.165) is 5.56 Å². The molecule has 478 valence electrons. The van der Waals surface area contributed by atoms with Crippen LogP contribution >= 0.6 is 0 Å². The van der Waals surface area contributed by atoms with Gasteiger partial charge in [-0.25, -0.2) is 0 Å². The summed E-state index contributed by atoms with van der Waals surface area (Å²) in [6, 6.07) is 7.53. The highest BCUT2D eigenvalue weighted by Crippen LogP contribution is 2.18. The lowest BCUT2D eigenvalue weighted by atomic mass is 9.96. The third-order valence-corrected chi connectivity index (χ3v) is 13.7. The summed E-state index contributed by atoms with van der Waals surface area (Å²) in [7, 11) is 0. The second-order valence-corrected chi connectivity index (χ2v) is 20.6. The molecule has 0 aliphatic carbocycles. The van der Waals surface area contributed by atoms with Crippen LogP contribution in [0.15, 0.2) is 79.0 Å². The fourth-order valence-electron chi connectivity index (χ4n) is 8.64. The molecule has 0 aliphatic rings. The number of primary amides is 1. The molecule has 0 saturated heterocycles.